The van der Waals surface area contributed by atoms with E-state index in [1.54, 1.807) is 0 Å². The van der Waals surface area contributed by atoms with Crippen LogP contribution < -0.4 is 16.4 Å². The van der Waals surface area contributed by atoms with Crippen LogP contribution in [-0.2, 0) is 0 Å². The van der Waals surface area contributed by atoms with Crippen molar-refractivity contribution in [3.05, 3.63) is 29.3 Å². The highest BCUT2D eigenvalue weighted by Crippen LogP contribution is 2.31. The topological polar surface area (TPSA) is 73.9 Å². The van der Waals surface area contributed by atoms with Gasteiger partial charge >= 0.3 is 0 Å². The van der Waals surface area contributed by atoms with Gasteiger partial charge in [0.2, 0.25) is 0 Å². The van der Waals surface area contributed by atoms with Crippen LogP contribution in [0.25, 0.3) is 6.08 Å². The lowest BCUT2D eigenvalue weighted by Gasteiger charge is -2.21. The van der Waals surface area contributed by atoms with Crippen molar-refractivity contribution < 1.29 is 0 Å². The summed E-state index contributed by atoms with van der Waals surface area (Å²) in [6.45, 7) is 3.37. The smallest absolute Gasteiger partial charge is 0.101 e. The van der Waals surface area contributed by atoms with Crippen LogP contribution in [0.3, 0.4) is 0 Å². The number of hydrogen-bond donors (Lipinski definition) is 3. The Labute approximate surface area is 101 Å². The predicted octanol–water partition coefficient (Wildman–Crippen LogP) is 1.76. The third kappa shape index (κ3) is 2.24. The minimum absolute atomic E-state index is 0.211. The highest BCUT2D eigenvalue weighted by Gasteiger charge is 2.14. The standard InChI is InChI=1S/C13H16N4/c1-9(7-14)17-12-5-4-10(8-15)13-11(12)3-2-6-16-13/h2-5,9,16-17H,6-7,14H2,1H3. The Morgan fingerprint density at radius 2 is 2.41 bits per heavy atom. The van der Waals surface area contributed by atoms with E-state index in [0.717, 1.165) is 23.5 Å². The van der Waals surface area contributed by atoms with E-state index in [0.29, 0.717) is 12.1 Å². The highest BCUT2D eigenvalue weighted by molar-refractivity contribution is 5.84. The van der Waals surface area contributed by atoms with Gasteiger partial charge in [0.15, 0.2) is 0 Å². The second-order valence-corrected chi connectivity index (χ2v) is 4.13. The van der Waals surface area contributed by atoms with Gasteiger partial charge in [0.1, 0.15) is 6.07 Å². The number of nitrogens with zero attached hydrogens (tertiary/aromatic N) is 1. The van der Waals surface area contributed by atoms with E-state index < -0.39 is 0 Å². The minimum atomic E-state index is 0.211. The Hall–Kier alpha value is -1.99. The molecule has 4 heteroatoms. The van der Waals surface area contributed by atoms with Crippen molar-refractivity contribution in [1.29, 1.82) is 5.26 Å². The van der Waals surface area contributed by atoms with E-state index in [2.05, 4.69) is 16.7 Å². The second kappa shape index (κ2) is 4.89. The third-order valence-corrected chi connectivity index (χ3v) is 2.80. The fourth-order valence-electron chi connectivity index (χ4n) is 1.86. The summed E-state index contributed by atoms with van der Waals surface area (Å²) < 4.78 is 0. The highest BCUT2D eigenvalue weighted by atomic mass is 14.9. The lowest BCUT2D eigenvalue weighted by Crippen LogP contribution is -2.26. The molecule has 0 saturated heterocycles. The van der Waals surface area contributed by atoms with Crippen molar-refractivity contribution >= 4 is 17.5 Å². The number of hydrogen-bond acceptors (Lipinski definition) is 4. The van der Waals surface area contributed by atoms with Crippen LogP contribution >= 0.6 is 0 Å². The molecule has 1 atom stereocenters. The molecule has 1 aliphatic rings. The Kier molecular flexibility index (Phi) is 3.31. The number of nitriles is 1. The molecule has 0 aromatic heterocycles. The average Bonchev–Trinajstić information content (AvgIpc) is 2.39. The maximum atomic E-state index is 9.06. The van der Waals surface area contributed by atoms with Gasteiger partial charge in [0.05, 0.1) is 11.3 Å². The fraction of sp³-hybridized carbons (Fsp3) is 0.308. The van der Waals surface area contributed by atoms with Crippen LogP contribution in [0.4, 0.5) is 11.4 Å². The van der Waals surface area contributed by atoms with Crippen LogP contribution in [0.2, 0.25) is 0 Å². The van der Waals surface area contributed by atoms with Crippen LogP contribution in [0.5, 0.6) is 0 Å². The lowest BCUT2D eigenvalue weighted by molar-refractivity contribution is 0.804. The van der Waals surface area contributed by atoms with Gasteiger partial charge in [0, 0.05) is 30.4 Å². The first-order valence-electron chi connectivity index (χ1n) is 5.70. The zero-order valence-electron chi connectivity index (χ0n) is 9.83. The van der Waals surface area contributed by atoms with Crippen molar-refractivity contribution in [1.82, 2.24) is 0 Å². The quantitative estimate of drug-likeness (QED) is 0.737. The molecule has 4 N–H and O–H groups in total. The fourth-order valence-corrected chi connectivity index (χ4v) is 1.86. The monoisotopic (exact) mass is 228 g/mol. The summed E-state index contributed by atoms with van der Waals surface area (Å²) >= 11 is 0. The van der Waals surface area contributed by atoms with Crippen LogP contribution in [0, 0.1) is 11.3 Å². The number of benzene rings is 1. The maximum Gasteiger partial charge on any atom is 0.101 e. The van der Waals surface area contributed by atoms with E-state index in [4.69, 9.17) is 11.0 Å². The average molecular weight is 228 g/mol. The van der Waals surface area contributed by atoms with Gasteiger partial charge in [0.25, 0.3) is 0 Å². The normalized spacial score (nSPS) is 14.4. The summed E-state index contributed by atoms with van der Waals surface area (Å²) in [7, 11) is 0. The number of nitrogens with two attached hydrogens (primary N) is 1. The summed E-state index contributed by atoms with van der Waals surface area (Å²) in [6, 6.07) is 6.17. The lowest BCUT2D eigenvalue weighted by atomic mass is 10.0. The molecule has 0 fully saturated rings. The van der Waals surface area contributed by atoms with E-state index >= 15 is 0 Å². The zero-order valence-corrected chi connectivity index (χ0v) is 9.83. The molecule has 1 aromatic carbocycles. The number of rotatable bonds is 3. The Morgan fingerprint density at radius 1 is 1.59 bits per heavy atom. The summed E-state index contributed by atoms with van der Waals surface area (Å²) in [5.74, 6) is 0. The molecule has 17 heavy (non-hydrogen) atoms. The molecular weight excluding hydrogens is 212 g/mol. The molecule has 0 saturated carbocycles. The largest absolute Gasteiger partial charge is 0.381 e. The molecule has 1 unspecified atom stereocenters. The predicted molar refractivity (Wildman–Crippen MR) is 70.8 cm³/mol. The molecule has 0 spiro atoms. The van der Waals surface area contributed by atoms with Crippen molar-refractivity contribution in [2.45, 2.75) is 13.0 Å². The third-order valence-electron chi connectivity index (χ3n) is 2.80. The van der Waals surface area contributed by atoms with Gasteiger partial charge in [-0.2, -0.15) is 5.26 Å². The van der Waals surface area contributed by atoms with Gasteiger partial charge in [-0.05, 0) is 19.1 Å². The molecule has 1 aliphatic heterocycles. The van der Waals surface area contributed by atoms with E-state index in [9.17, 15) is 0 Å². The Morgan fingerprint density at radius 3 is 3.12 bits per heavy atom. The zero-order chi connectivity index (χ0) is 12.3. The van der Waals surface area contributed by atoms with Crippen molar-refractivity contribution in [3.8, 4) is 6.07 Å². The van der Waals surface area contributed by atoms with Gasteiger partial charge in [-0.1, -0.05) is 12.2 Å². The van der Waals surface area contributed by atoms with Crippen molar-refractivity contribution in [2.24, 2.45) is 5.73 Å². The first-order valence-corrected chi connectivity index (χ1v) is 5.70. The minimum Gasteiger partial charge on any atom is -0.381 e. The Bertz CT molecular complexity index is 485. The molecule has 1 heterocycles. The molecule has 1 aromatic rings. The summed E-state index contributed by atoms with van der Waals surface area (Å²) in [5.41, 5.74) is 9.24. The Balaban J connectivity index is 2.43. The number of anilines is 2. The summed E-state index contributed by atoms with van der Waals surface area (Å²) in [5, 5.41) is 15.6. The maximum absolute atomic E-state index is 9.06. The van der Waals surface area contributed by atoms with Gasteiger partial charge in [-0.25, -0.2) is 0 Å². The first kappa shape index (κ1) is 11.5. The van der Waals surface area contributed by atoms with Crippen molar-refractivity contribution in [3.63, 3.8) is 0 Å². The molecule has 4 nitrogen and oxygen atoms in total. The molecule has 0 amide bonds. The SMILES string of the molecule is CC(CN)Nc1ccc(C#N)c2c1C=CCN2. The molecule has 0 bridgehead atoms. The number of fused-ring (bicyclic) bond motifs is 1. The van der Waals surface area contributed by atoms with Crippen molar-refractivity contribution in [2.75, 3.05) is 23.7 Å². The van der Waals surface area contributed by atoms with Crippen LogP contribution in [-0.4, -0.2) is 19.1 Å². The summed E-state index contributed by atoms with van der Waals surface area (Å²) in [4.78, 5) is 0. The molecule has 0 radical (unpaired) electrons. The van der Waals surface area contributed by atoms with E-state index in [-0.39, 0.29) is 6.04 Å². The van der Waals surface area contributed by atoms with Gasteiger partial charge in [-0.3, -0.25) is 0 Å². The molecule has 88 valence electrons. The first-order chi connectivity index (χ1) is 8.26. The van der Waals surface area contributed by atoms with Crippen LogP contribution in [0.1, 0.15) is 18.1 Å². The molecular formula is C13H16N4. The number of nitrogens with one attached hydrogen (secondary N) is 2. The van der Waals surface area contributed by atoms with Gasteiger partial charge < -0.3 is 16.4 Å². The summed E-state index contributed by atoms with van der Waals surface area (Å²) in [6.07, 6.45) is 4.08. The molecule has 2 rings (SSSR count). The van der Waals surface area contributed by atoms with E-state index in [1.807, 2.05) is 31.2 Å². The molecule has 0 aliphatic carbocycles. The van der Waals surface area contributed by atoms with E-state index in [1.165, 1.54) is 0 Å². The van der Waals surface area contributed by atoms with Gasteiger partial charge in [-0.15, -0.1) is 0 Å². The van der Waals surface area contributed by atoms with Crippen LogP contribution in [0.15, 0.2) is 18.2 Å². The second-order valence-electron chi connectivity index (χ2n) is 4.13.